The van der Waals surface area contributed by atoms with Gasteiger partial charge in [-0.25, -0.2) is 0 Å². The molecule has 2 heterocycles. The van der Waals surface area contributed by atoms with Gasteiger partial charge in [0.05, 0.1) is 13.0 Å². The fraction of sp³-hybridized carbons (Fsp3) is 0.524. The van der Waals surface area contributed by atoms with E-state index in [9.17, 15) is 9.59 Å². The van der Waals surface area contributed by atoms with Crippen LogP contribution in [-0.4, -0.2) is 51.6 Å². The van der Waals surface area contributed by atoms with Crippen LogP contribution in [0.3, 0.4) is 0 Å². The summed E-state index contributed by atoms with van der Waals surface area (Å²) in [4.78, 5) is 31.4. The van der Waals surface area contributed by atoms with Crippen LogP contribution in [0.2, 0.25) is 0 Å². The topological polar surface area (TPSA) is 97.6 Å². The van der Waals surface area contributed by atoms with Crippen LogP contribution in [-0.2, 0) is 21.4 Å². The van der Waals surface area contributed by atoms with Crippen molar-refractivity contribution in [2.75, 3.05) is 24.1 Å². The van der Waals surface area contributed by atoms with Crippen molar-refractivity contribution in [3.05, 3.63) is 36.0 Å². The minimum atomic E-state index is -0.472. The molecule has 1 N–H and O–H groups in total. The van der Waals surface area contributed by atoms with Gasteiger partial charge in [-0.05, 0) is 30.7 Å². The quantitative estimate of drug-likeness (QED) is 0.717. The molecule has 0 radical (unpaired) electrons. The first kappa shape index (κ1) is 22.1. The molecule has 2 aromatic rings. The molecule has 1 unspecified atom stereocenters. The van der Waals surface area contributed by atoms with Gasteiger partial charge < -0.3 is 19.5 Å². The van der Waals surface area contributed by atoms with Gasteiger partial charge in [0, 0.05) is 29.7 Å². The molecule has 1 aromatic heterocycles. The number of amides is 2. The molecule has 8 nitrogen and oxygen atoms in total. The van der Waals surface area contributed by atoms with E-state index in [4.69, 9.17) is 9.26 Å². The Morgan fingerprint density at radius 3 is 2.67 bits per heavy atom. The summed E-state index contributed by atoms with van der Waals surface area (Å²) in [6.07, 6.45) is 1.47. The fourth-order valence-electron chi connectivity index (χ4n) is 3.00. The first-order valence-corrected chi connectivity index (χ1v) is 11.1. The highest BCUT2D eigenvalue weighted by atomic mass is 32.2. The predicted molar refractivity (Wildman–Crippen MR) is 116 cm³/mol. The SMILES string of the molecule is COc1ccc(NC(=O)C2CSCN2C(=O)CCCc2nc(C(C)(C)C)no2)cc1. The second-order valence-electron chi connectivity index (χ2n) is 8.21. The number of nitrogens with zero attached hydrogens (tertiary/aromatic N) is 3. The fourth-order valence-corrected chi connectivity index (χ4v) is 4.18. The van der Waals surface area contributed by atoms with Gasteiger partial charge in [-0.15, -0.1) is 11.8 Å². The van der Waals surface area contributed by atoms with Crippen LogP contribution in [0.15, 0.2) is 28.8 Å². The van der Waals surface area contributed by atoms with Gasteiger partial charge in [-0.2, -0.15) is 4.98 Å². The molecule has 1 aliphatic heterocycles. The van der Waals surface area contributed by atoms with Crippen molar-refractivity contribution in [3.63, 3.8) is 0 Å². The summed E-state index contributed by atoms with van der Waals surface area (Å²) in [5.41, 5.74) is 0.505. The van der Waals surface area contributed by atoms with Gasteiger partial charge in [0.15, 0.2) is 5.82 Å². The van der Waals surface area contributed by atoms with Crippen molar-refractivity contribution in [1.29, 1.82) is 0 Å². The highest BCUT2D eigenvalue weighted by Gasteiger charge is 2.34. The van der Waals surface area contributed by atoms with Crippen molar-refractivity contribution in [2.24, 2.45) is 0 Å². The van der Waals surface area contributed by atoms with Gasteiger partial charge in [0.2, 0.25) is 17.7 Å². The monoisotopic (exact) mass is 432 g/mol. The molecule has 162 valence electrons. The van der Waals surface area contributed by atoms with Gasteiger partial charge in [0.25, 0.3) is 0 Å². The van der Waals surface area contributed by atoms with Gasteiger partial charge in [0.1, 0.15) is 11.8 Å². The Hall–Kier alpha value is -2.55. The van der Waals surface area contributed by atoms with E-state index >= 15 is 0 Å². The predicted octanol–water partition coefficient (Wildman–Crippen LogP) is 3.24. The minimum absolute atomic E-state index is 0.0366. The number of thioether (sulfide) groups is 1. The number of benzene rings is 1. The molecule has 1 atom stereocenters. The Labute approximate surface area is 180 Å². The lowest BCUT2D eigenvalue weighted by Gasteiger charge is -2.23. The van der Waals surface area contributed by atoms with E-state index in [-0.39, 0.29) is 17.2 Å². The third-order valence-corrected chi connectivity index (χ3v) is 5.80. The number of aryl methyl sites for hydroxylation is 1. The summed E-state index contributed by atoms with van der Waals surface area (Å²) in [5.74, 6) is 2.82. The average Bonchev–Trinajstić information content (AvgIpc) is 3.38. The lowest BCUT2D eigenvalue weighted by molar-refractivity contribution is -0.136. The molecule has 30 heavy (non-hydrogen) atoms. The van der Waals surface area contributed by atoms with Crippen molar-refractivity contribution < 1.29 is 18.8 Å². The largest absolute Gasteiger partial charge is 0.497 e. The maximum atomic E-state index is 12.7. The molecular weight excluding hydrogens is 404 g/mol. The second kappa shape index (κ2) is 9.51. The molecule has 9 heteroatoms. The minimum Gasteiger partial charge on any atom is -0.497 e. The molecule has 0 saturated carbocycles. The highest BCUT2D eigenvalue weighted by Crippen LogP contribution is 2.24. The second-order valence-corrected chi connectivity index (χ2v) is 9.21. The van der Waals surface area contributed by atoms with E-state index in [0.29, 0.717) is 48.3 Å². The summed E-state index contributed by atoms with van der Waals surface area (Å²) in [6, 6.07) is 6.65. The van der Waals surface area contributed by atoms with Crippen molar-refractivity contribution in [1.82, 2.24) is 15.0 Å². The molecule has 1 saturated heterocycles. The zero-order valence-corrected chi connectivity index (χ0v) is 18.6. The first-order valence-electron chi connectivity index (χ1n) is 9.93. The number of hydrogen-bond acceptors (Lipinski definition) is 7. The normalized spacial score (nSPS) is 16.5. The summed E-state index contributed by atoms with van der Waals surface area (Å²) >= 11 is 1.58. The molecule has 0 bridgehead atoms. The number of ether oxygens (including phenoxy) is 1. The maximum absolute atomic E-state index is 12.7. The summed E-state index contributed by atoms with van der Waals surface area (Å²) in [6.45, 7) is 6.06. The third-order valence-electron chi connectivity index (χ3n) is 4.78. The van der Waals surface area contributed by atoms with Crippen molar-refractivity contribution in [3.8, 4) is 5.75 Å². The molecule has 1 fully saturated rings. The van der Waals surface area contributed by atoms with E-state index in [1.54, 1.807) is 48.0 Å². The lowest BCUT2D eigenvalue weighted by atomic mass is 9.96. The zero-order valence-electron chi connectivity index (χ0n) is 17.8. The van der Waals surface area contributed by atoms with Crippen LogP contribution in [0.4, 0.5) is 5.69 Å². The Balaban J connectivity index is 1.50. The first-order chi connectivity index (χ1) is 14.3. The molecule has 0 spiro atoms. The van der Waals surface area contributed by atoms with Crippen LogP contribution in [0, 0.1) is 0 Å². The molecule has 3 rings (SSSR count). The van der Waals surface area contributed by atoms with E-state index in [0.717, 1.165) is 5.75 Å². The van der Waals surface area contributed by atoms with Crippen LogP contribution in [0.1, 0.15) is 45.3 Å². The Bertz CT molecular complexity index is 876. The van der Waals surface area contributed by atoms with Crippen LogP contribution >= 0.6 is 11.8 Å². The number of aromatic nitrogens is 2. The number of nitrogens with one attached hydrogen (secondary N) is 1. The number of methoxy groups -OCH3 is 1. The molecule has 1 aliphatic rings. The van der Waals surface area contributed by atoms with Crippen molar-refractivity contribution in [2.45, 2.75) is 51.5 Å². The van der Waals surface area contributed by atoms with Crippen LogP contribution < -0.4 is 10.1 Å². The van der Waals surface area contributed by atoms with E-state index in [1.165, 1.54) is 0 Å². The summed E-state index contributed by atoms with van der Waals surface area (Å²) in [7, 11) is 1.59. The molecule has 1 aromatic carbocycles. The smallest absolute Gasteiger partial charge is 0.248 e. The molecule has 2 amide bonds. The number of carbonyl (C=O) groups excluding carboxylic acids is 2. The number of hydrogen-bond donors (Lipinski definition) is 1. The zero-order chi connectivity index (χ0) is 21.7. The molecular formula is C21H28N4O4S. The number of anilines is 1. The number of carbonyl (C=O) groups is 2. The molecule has 0 aliphatic carbocycles. The summed E-state index contributed by atoms with van der Waals surface area (Å²) in [5, 5.41) is 6.89. The Morgan fingerprint density at radius 2 is 2.03 bits per heavy atom. The van der Waals surface area contributed by atoms with E-state index in [1.807, 2.05) is 20.8 Å². The van der Waals surface area contributed by atoms with Gasteiger partial charge >= 0.3 is 0 Å². The van der Waals surface area contributed by atoms with Gasteiger partial charge in [-0.1, -0.05) is 25.9 Å². The van der Waals surface area contributed by atoms with E-state index in [2.05, 4.69) is 15.5 Å². The van der Waals surface area contributed by atoms with Crippen LogP contribution in [0.5, 0.6) is 5.75 Å². The highest BCUT2D eigenvalue weighted by molar-refractivity contribution is 7.99. The Morgan fingerprint density at radius 1 is 1.30 bits per heavy atom. The van der Waals surface area contributed by atoms with Gasteiger partial charge in [-0.3, -0.25) is 9.59 Å². The maximum Gasteiger partial charge on any atom is 0.248 e. The van der Waals surface area contributed by atoms with Crippen LogP contribution in [0.25, 0.3) is 0 Å². The lowest BCUT2D eigenvalue weighted by Crippen LogP contribution is -2.44. The average molecular weight is 433 g/mol. The van der Waals surface area contributed by atoms with Crippen molar-refractivity contribution >= 4 is 29.3 Å². The summed E-state index contributed by atoms with van der Waals surface area (Å²) < 4.78 is 10.4. The third kappa shape index (κ3) is 5.53. The number of rotatable bonds is 7. The van der Waals surface area contributed by atoms with E-state index < -0.39 is 6.04 Å². The Kier molecular flexibility index (Phi) is 7.02. The standard InChI is InChI=1S/C21H28N4O4S/c1-21(2,3)20-23-17(29-24-20)6-5-7-18(26)25-13-30-12-16(25)19(27)22-14-8-10-15(28-4)11-9-14/h8-11,16H,5-7,12-13H2,1-4H3,(H,22,27).